The van der Waals surface area contributed by atoms with E-state index in [9.17, 15) is 13.6 Å². The van der Waals surface area contributed by atoms with Gasteiger partial charge in [0, 0.05) is 11.6 Å². The van der Waals surface area contributed by atoms with Gasteiger partial charge in [0.1, 0.15) is 0 Å². The third-order valence-electron chi connectivity index (χ3n) is 2.21. The van der Waals surface area contributed by atoms with E-state index in [2.05, 4.69) is 4.74 Å². The maximum atomic E-state index is 12.4. The Kier molecular flexibility index (Phi) is 4.37. The molecule has 2 N–H and O–H groups in total. The van der Waals surface area contributed by atoms with Gasteiger partial charge in [0.2, 0.25) is 0 Å². The first-order valence-corrected chi connectivity index (χ1v) is 4.75. The van der Waals surface area contributed by atoms with E-state index in [0.717, 1.165) is 0 Å². The predicted molar refractivity (Wildman–Crippen MR) is 55.0 cm³/mol. The van der Waals surface area contributed by atoms with Crippen molar-refractivity contribution in [1.29, 1.82) is 0 Å². The Balaban J connectivity index is 2.79. The summed E-state index contributed by atoms with van der Waals surface area (Å²) in [7, 11) is 1.25. The fourth-order valence-electron chi connectivity index (χ4n) is 1.31. The normalized spacial score (nSPS) is 12.6. The van der Waals surface area contributed by atoms with Crippen LogP contribution in [0, 0.1) is 0 Å². The molecule has 0 aliphatic rings. The minimum absolute atomic E-state index is 0.0246. The van der Waals surface area contributed by atoms with Crippen LogP contribution in [-0.2, 0) is 9.53 Å². The van der Waals surface area contributed by atoms with Crippen LogP contribution >= 0.6 is 0 Å². The first kappa shape index (κ1) is 12.6. The second-order valence-electron chi connectivity index (χ2n) is 3.36. The monoisotopic (exact) mass is 229 g/mol. The van der Waals surface area contributed by atoms with Gasteiger partial charge in [0.25, 0.3) is 6.43 Å². The fraction of sp³-hybridized carbons (Fsp3) is 0.364. The summed E-state index contributed by atoms with van der Waals surface area (Å²) in [5.41, 5.74) is 6.10. The number of halogens is 2. The number of alkyl halides is 2. The van der Waals surface area contributed by atoms with E-state index in [0.29, 0.717) is 5.56 Å². The molecule has 1 rings (SSSR count). The lowest BCUT2D eigenvalue weighted by atomic mass is 10.0. The Morgan fingerprint density at radius 2 is 2.06 bits per heavy atom. The summed E-state index contributed by atoms with van der Waals surface area (Å²) in [5, 5.41) is 0. The number of methoxy groups -OCH3 is 1. The average Bonchev–Trinajstić information content (AvgIpc) is 2.28. The molecule has 3 nitrogen and oxygen atoms in total. The highest BCUT2D eigenvalue weighted by Crippen LogP contribution is 2.23. The Bertz CT molecular complexity index is 369. The molecule has 0 saturated heterocycles. The van der Waals surface area contributed by atoms with Crippen molar-refractivity contribution < 1.29 is 18.3 Å². The lowest BCUT2D eigenvalue weighted by molar-refractivity contribution is -0.141. The molecule has 0 saturated carbocycles. The van der Waals surface area contributed by atoms with Crippen LogP contribution in [0.4, 0.5) is 8.78 Å². The molecule has 5 heteroatoms. The van der Waals surface area contributed by atoms with Gasteiger partial charge >= 0.3 is 5.97 Å². The molecule has 0 unspecified atom stereocenters. The molecule has 0 heterocycles. The number of esters is 1. The highest BCUT2D eigenvalue weighted by Gasteiger charge is 2.14. The van der Waals surface area contributed by atoms with Crippen LogP contribution in [-0.4, -0.2) is 13.1 Å². The average molecular weight is 229 g/mol. The quantitative estimate of drug-likeness (QED) is 0.805. The van der Waals surface area contributed by atoms with Crippen LogP contribution in [0.5, 0.6) is 0 Å². The summed E-state index contributed by atoms with van der Waals surface area (Å²) in [6.07, 6.45) is -2.56. The second kappa shape index (κ2) is 5.55. The van der Waals surface area contributed by atoms with E-state index in [1.807, 2.05) is 0 Å². The zero-order valence-corrected chi connectivity index (χ0v) is 8.82. The summed E-state index contributed by atoms with van der Waals surface area (Å²) in [5.74, 6) is -0.463. The topological polar surface area (TPSA) is 52.3 Å². The van der Waals surface area contributed by atoms with Gasteiger partial charge in [-0.3, -0.25) is 4.79 Å². The Morgan fingerprint density at radius 1 is 1.44 bits per heavy atom. The van der Waals surface area contributed by atoms with Crippen LogP contribution < -0.4 is 5.73 Å². The predicted octanol–water partition coefficient (Wildman–Crippen LogP) is 2.19. The van der Waals surface area contributed by atoms with Crippen molar-refractivity contribution in [3.8, 4) is 0 Å². The SMILES string of the molecule is COC(=O)C[C@@H](N)c1cccc(C(F)F)c1. The van der Waals surface area contributed by atoms with Gasteiger partial charge in [-0.2, -0.15) is 0 Å². The van der Waals surface area contributed by atoms with Gasteiger partial charge in [-0.15, -0.1) is 0 Å². The first-order valence-electron chi connectivity index (χ1n) is 4.75. The van der Waals surface area contributed by atoms with Crippen LogP contribution in [0.15, 0.2) is 24.3 Å². The molecule has 0 radical (unpaired) electrons. The Hall–Kier alpha value is -1.49. The summed E-state index contributed by atoms with van der Waals surface area (Å²) in [4.78, 5) is 11.0. The van der Waals surface area contributed by atoms with Gasteiger partial charge in [-0.1, -0.05) is 18.2 Å². The second-order valence-corrected chi connectivity index (χ2v) is 3.36. The Morgan fingerprint density at radius 3 is 2.62 bits per heavy atom. The van der Waals surface area contributed by atoms with Gasteiger partial charge < -0.3 is 10.5 Å². The number of carbonyl (C=O) groups is 1. The summed E-state index contributed by atoms with van der Waals surface area (Å²) < 4.78 is 29.3. The largest absolute Gasteiger partial charge is 0.469 e. The number of hydrogen-bond donors (Lipinski definition) is 1. The number of hydrogen-bond acceptors (Lipinski definition) is 3. The smallest absolute Gasteiger partial charge is 0.307 e. The molecule has 0 spiro atoms. The maximum Gasteiger partial charge on any atom is 0.307 e. The number of carbonyl (C=O) groups excluding carboxylic acids is 1. The van der Waals surface area contributed by atoms with Crippen LogP contribution in [0.2, 0.25) is 0 Å². The molecule has 0 fully saturated rings. The fourth-order valence-corrected chi connectivity index (χ4v) is 1.31. The number of rotatable bonds is 4. The van der Waals surface area contributed by atoms with E-state index >= 15 is 0 Å². The molecular weight excluding hydrogens is 216 g/mol. The summed E-state index contributed by atoms with van der Waals surface area (Å²) in [6, 6.07) is 5.11. The van der Waals surface area contributed by atoms with Crippen molar-refractivity contribution in [3.05, 3.63) is 35.4 Å². The standard InChI is InChI=1S/C11H13F2NO2/c1-16-10(15)6-9(14)7-3-2-4-8(5-7)11(12)13/h2-5,9,11H,6,14H2,1H3/t9-/m1/s1. The molecule has 1 atom stereocenters. The van der Waals surface area contributed by atoms with Crippen LogP contribution in [0.1, 0.15) is 30.0 Å². The van der Waals surface area contributed by atoms with E-state index in [-0.39, 0.29) is 12.0 Å². The van der Waals surface area contributed by atoms with Gasteiger partial charge in [-0.05, 0) is 11.6 Å². The molecular formula is C11H13F2NO2. The molecule has 0 bridgehead atoms. The maximum absolute atomic E-state index is 12.4. The highest BCUT2D eigenvalue weighted by atomic mass is 19.3. The van der Waals surface area contributed by atoms with Crippen molar-refractivity contribution >= 4 is 5.97 Å². The third-order valence-corrected chi connectivity index (χ3v) is 2.21. The van der Waals surface area contributed by atoms with Gasteiger partial charge in [-0.25, -0.2) is 8.78 Å². The van der Waals surface area contributed by atoms with E-state index in [4.69, 9.17) is 5.73 Å². The highest BCUT2D eigenvalue weighted by molar-refractivity contribution is 5.70. The zero-order chi connectivity index (χ0) is 12.1. The van der Waals surface area contributed by atoms with Crippen LogP contribution in [0.25, 0.3) is 0 Å². The number of nitrogens with two attached hydrogens (primary N) is 1. The van der Waals surface area contributed by atoms with Crippen molar-refractivity contribution in [2.45, 2.75) is 18.9 Å². The lowest BCUT2D eigenvalue weighted by Gasteiger charge is -2.11. The molecule has 0 aromatic heterocycles. The molecule has 16 heavy (non-hydrogen) atoms. The van der Waals surface area contributed by atoms with E-state index < -0.39 is 18.4 Å². The number of ether oxygens (including phenoxy) is 1. The van der Waals surface area contributed by atoms with Crippen molar-refractivity contribution in [1.82, 2.24) is 0 Å². The molecule has 0 aliphatic heterocycles. The van der Waals surface area contributed by atoms with E-state index in [1.54, 1.807) is 6.07 Å². The minimum atomic E-state index is -2.54. The van der Waals surface area contributed by atoms with Crippen molar-refractivity contribution in [2.75, 3.05) is 7.11 Å². The first-order chi connectivity index (χ1) is 7.54. The third kappa shape index (κ3) is 3.27. The van der Waals surface area contributed by atoms with Crippen molar-refractivity contribution in [3.63, 3.8) is 0 Å². The van der Waals surface area contributed by atoms with E-state index in [1.165, 1.54) is 25.3 Å². The summed E-state index contributed by atoms with van der Waals surface area (Å²) in [6.45, 7) is 0. The molecule has 1 aromatic carbocycles. The van der Waals surface area contributed by atoms with Crippen LogP contribution in [0.3, 0.4) is 0 Å². The number of benzene rings is 1. The molecule has 0 aliphatic carbocycles. The lowest BCUT2D eigenvalue weighted by Crippen LogP contribution is -2.16. The Labute approximate surface area is 92.2 Å². The van der Waals surface area contributed by atoms with Gasteiger partial charge in [0.05, 0.1) is 13.5 Å². The molecule has 0 amide bonds. The summed E-state index contributed by atoms with van der Waals surface area (Å²) >= 11 is 0. The molecule has 88 valence electrons. The molecule has 1 aromatic rings. The zero-order valence-electron chi connectivity index (χ0n) is 8.82. The van der Waals surface area contributed by atoms with Crippen molar-refractivity contribution in [2.24, 2.45) is 5.73 Å². The van der Waals surface area contributed by atoms with Gasteiger partial charge in [0.15, 0.2) is 0 Å². The minimum Gasteiger partial charge on any atom is -0.469 e.